The molecule has 0 aliphatic heterocycles. The van der Waals surface area contributed by atoms with Crippen LogP contribution in [-0.4, -0.2) is 30.0 Å². The summed E-state index contributed by atoms with van der Waals surface area (Å²) in [4.78, 5) is 16.2. The predicted molar refractivity (Wildman–Crippen MR) is 111 cm³/mol. The van der Waals surface area contributed by atoms with Gasteiger partial charge in [-0.15, -0.1) is 0 Å². The number of hydrogen-bond acceptors (Lipinski definition) is 3. The van der Waals surface area contributed by atoms with Gasteiger partial charge in [0, 0.05) is 28.2 Å². The molecule has 3 N–H and O–H groups in total. The summed E-state index contributed by atoms with van der Waals surface area (Å²) in [6, 6.07) is 13.8. The number of para-hydroxylation sites is 1. The van der Waals surface area contributed by atoms with Gasteiger partial charge < -0.3 is 19.8 Å². The normalized spacial score (nSPS) is 13.3. The van der Waals surface area contributed by atoms with Crippen molar-refractivity contribution in [1.29, 1.82) is 0 Å². The van der Waals surface area contributed by atoms with Gasteiger partial charge in [-0.2, -0.15) is 0 Å². The molecule has 5 nitrogen and oxygen atoms in total. The lowest BCUT2D eigenvalue weighted by Crippen LogP contribution is -2.91. The molecule has 0 aliphatic carbocycles. The van der Waals surface area contributed by atoms with Gasteiger partial charge in [0.25, 0.3) is 0 Å². The molecule has 0 fully saturated rings. The number of Topliss-reactive ketones (excluding diaryl/α,β-unsaturated/α-hetero) is 1. The number of nitrogens with two attached hydrogens (primary N) is 1. The number of benzene rings is 2. The zero-order valence-electron chi connectivity index (χ0n) is 17.0. The van der Waals surface area contributed by atoms with Crippen molar-refractivity contribution in [1.82, 2.24) is 4.98 Å². The number of rotatable bonds is 9. The van der Waals surface area contributed by atoms with Crippen LogP contribution in [0, 0.1) is 0 Å². The number of aromatic nitrogens is 1. The van der Waals surface area contributed by atoms with Crippen molar-refractivity contribution in [3.05, 3.63) is 59.8 Å². The Labute approximate surface area is 166 Å². The van der Waals surface area contributed by atoms with Gasteiger partial charge in [-0.25, -0.2) is 0 Å². The van der Waals surface area contributed by atoms with Crippen LogP contribution in [-0.2, 0) is 0 Å². The van der Waals surface area contributed by atoms with Crippen molar-refractivity contribution in [2.45, 2.75) is 39.8 Å². The maximum Gasteiger partial charge on any atom is 0.221 e. The number of fused-ring (bicyclic) bond motifs is 1. The number of ether oxygens (including phenoxy) is 2. The van der Waals surface area contributed by atoms with Gasteiger partial charge in [0.15, 0.2) is 11.5 Å². The number of nitrogens with one attached hydrogen (secondary N) is 1. The Morgan fingerprint density at radius 3 is 2.50 bits per heavy atom. The standard InChI is InChI=1S/C23H28N2O3/c1-5-27-21-12-11-17(13-22(21)28-6-2)15(3)25-16(4)23(26)19-14-24-20-10-8-7-9-18(19)20/h7-16,24-25H,5-6H2,1-4H3/p+1/t15-,16+/m0/s1. The SMILES string of the molecule is CCOc1ccc([C@H](C)[NH2+][C@H](C)C(=O)c2c[nH]c3ccccc23)cc1OCC. The summed E-state index contributed by atoms with van der Waals surface area (Å²) in [6.45, 7) is 9.15. The lowest BCUT2D eigenvalue weighted by Gasteiger charge is -2.18. The highest BCUT2D eigenvalue weighted by molar-refractivity contribution is 6.09. The van der Waals surface area contributed by atoms with Gasteiger partial charge in [0.2, 0.25) is 5.78 Å². The van der Waals surface area contributed by atoms with Crippen molar-refractivity contribution in [3.63, 3.8) is 0 Å². The van der Waals surface area contributed by atoms with Gasteiger partial charge >= 0.3 is 0 Å². The third kappa shape index (κ3) is 4.20. The number of H-pyrrole nitrogens is 1. The Balaban J connectivity index is 1.75. The van der Waals surface area contributed by atoms with E-state index in [1.807, 2.05) is 69.4 Å². The molecule has 1 aromatic heterocycles. The molecule has 3 rings (SSSR count). The van der Waals surface area contributed by atoms with Gasteiger partial charge in [0.1, 0.15) is 12.1 Å². The van der Waals surface area contributed by atoms with Crippen LogP contribution in [0.5, 0.6) is 11.5 Å². The lowest BCUT2D eigenvalue weighted by molar-refractivity contribution is -0.709. The van der Waals surface area contributed by atoms with Gasteiger partial charge in [-0.05, 0) is 52.0 Å². The molecule has 0 saturated carbocycles. The van der Waals surface area contributed by atoms with Crippen LogP contribution in [0.25, 0.3) is 10.9 Å². The van der Waals surface area contributed by atoms with Crippen LogP contribution in [0.1, 0.15) is 49.7 Å². The molecule has 0 bridgehead atoms. The average Bonchev–Trinajstić information content (AvgIpc) is 3.13. The molecular formula is C23H29N2O3+. The summed E-state index contributed by atoms with van der Waals surface area (Å²) in [5.41, 5.74) is 2.83. The van der Waals surface area contributed by atoms with E-state index in [1.165, 1.54) is 0 Å². The molecule has 1 heterocycles. The molecule has 2 aromatic carbocycles. The molecule has 148 valence electrons. The maximum atomic E-state index is 13.0. The summed E-state index contributed by atoms with van der Waals surface area (Å²) in [5.74, 6) is 1.63. The number of quaternary nitrogens is 1. The quantitative estimate of drug-likeness (QED) is 0.553. The van der Waals surface area contributed by atoms with Crippen molar-refractivity contribution in [2.24, 2.45) is 0 Å². The zero-order valence-corrected chi connectivity index (χ0v) is 17.0. The average molecular weight is 381 g/mol. The van der Waals surface area contributed by atoms with Gasteiger partial charge in [0.05, 0.1) is 13.2 Å². The first-order valence-electron chi connectivity index (χ1n) is 9.90. The monoisotopic (exact) mass is 381 g/mol. The fraction of sp³-hybridized carbons (Fsp3) is 0.348. The number of carbonyl (C=O) groups excluding carboxylic acids is 1. The molecule has 0 amide bonds. The molecule has 0 radical (unpaired) electrons. The first kappa shape index (κ1) is 20.0. The second-order valence-electron chi connectivity index (χ2n) is 6.95. The molecule has 0 spiro atoms. The van der Waals surface area contributed by atoms with Crippen molar-refractivity contribution in [3.8, 4) is 11.5 Å². The Morgan fingerprint density at radius 1 is 1.04 bits per heavy atom. The smallest absolute Gasteiger partial charge is 0.221 e. The second kappa shape index (κ2) is 8.93. The van der Waals surface area contributed by atoms with Crippen molar-refractivity contribution in [2.75, 3.05) is 13.2 Å². The van der Waals surface area contributed by atoms with Crippen LogP contribution in [0.3, 0.4) is 0 Å². The number of aromatic amines is 1. The van der Waals surface area contributed by atoms with E-state index < -0.39 is 0 Å². The summed E-state index contributed by atoms with van der Waals surface area (Å²) in [7, 11) is 0. The van der Waals surface area contributed by atoms with E-state index in [9.17, 15) is 4.79 Å². The van der Waals surface area contributed by atoms with E-state index in [0.29, 0.717) is 13.2 Å². The summed E-state index contributed by atoms with van der Waals surface area (Å²) in [6.07, 6.45) is 1.81. The minimum atomic E-state index is -0.198. The summed E-state index contributed by atoms with van der Waals surface area (Å²) >= 11 is 0. The molecule has 0 aliphatic rings. The highest BCUT2D eigenvalue weighted by atomic mass is 16.5. The van der Waals surface area contributed by atoms with E-state index in [4.69, 9.17) is 9.47 Å². The second-order valence-corrected chi connectivity index (χ2v) is 6.95. The molecular weight excluding hydrogens is 352 g/mol. The maximum absolute atomic E-state index is 13.0. The molecule has 3 aromatic rings. The topological polar surface area (TPSA) is 67.9 Å². The Hall–Kier alpha value is -2.79. The van der Waals surface area contributed by atoms with Crippen molar-refractivity contribution >= 4 is 16.7 Å². The van der Waals surface area contributed by atoms with Crippen LogP contribution in [0.4, 0.5) is 0 Å². The zero-order chi connectivity index (χ0) is 20.1. The molecule has 5 heteroatoms. The lowest BCUT2D eigenvalue weighted by atomic mass is 10.0. The molecule has 0 unspecified atom stereocenters. The fourth-order valence-electron chi connectivity index (χ4n) is 3.50. The fourth-order valence-corrected chi connectivity index (χ4v) is 3.50. The van der Waals surface area contributed by atoms with Gasteiger partial charge in [-0.1, -0.05) is 18.2 Å². The largest absolute Gasteiger partial charge is 0.490 e. The number of ketones is 1. The van der Waals surface area contributed by atoms with E-state index in [0.717, 1.165) is 33.5 Å². The van der Waals surface area contributed by atoms with Crippen LogP contribution < -0.4 is 14.8 Å². The third-order valence-corrected chi connectivity index (χ3v) is 4.94. The van der Waals surface area contributed by atoms with Gasteiger partial charge in [-0.3, -0.25) is 4.79 Å². The first-order valence-corrected chi connectivity index (χ1v) is 9.90. The first-order chi connectivity index (χ1) is 13.5. The predicted octanol–water partition coefficient (Wildman–Crippen LogP) is 3.86. The molecule has 28 heavy (non-hydrogen) atoms. The molecule has 0 saturated heterocycles. The minimum absolute atomic E-state index is 0.110. The Morgan fingerprint density at radius 2 is 1.75 bits per heavy atom. The van der Waals surface area contributed by atoms with E-state index in [-0.39, 0.29) is 17.9 Å². The van der Waals surface area contributed by atoms with E-state index in [2.05, 4.69) is 17.2 Å². The molecule has 2 atom stereocenters. The third-order valence-electron chi connectivity index (χ3n) is 4.94. The van der Waals surface area contributed by atoms with E-state index >= 15 is 0 Å². The number of carbonyl (C=O) groups is 1. The van der Waals surface area contributed by atoms with Crippen LogP contribution >= 0.6 is 0 Å². The number of hydrogen-bond donors (Lipinski definition) is 2. The summed E-state index contributed by atoms with van der Waals surface area (Å²) in [5, 5.41) is 3.07. The summed E-state index contributed by atoms with van der Waals surface area (Å²) < 4.78 is 11.4. The Kier molecular flexibility index (Phi) is 6.37. The van der Waals surface area contributed by atoms with Crippen LogP contribution in [0.15, 0.2) is 48.7 Å². The van der Waals surface area contributed by atoms with Crippen molar-refractivity contribution < 1.29 is 19.6 Å². The highest BCUT2D eigenvalue weighted by Crippen LogP contribution is 2.30. The van der Waals surface area contributed by atoms with Crippen LogP contribution in [0.2, 0.25) is 0 Å². The van der Waals surface area contributed by atoms with E-state index in [1.54, 1.807) is 0 Å². The Bertz CT molecular complexity index is 948. The highest BCUT2D eigenvalue weighted by Gasteiger charge is 2.24. The minimum Gasteiger partial charge on any atom is -0.490 e.